The largest absolute Gasteiger partial charge is 0.344 e. The molecule has 1 fully saturated rings. The van der Waals surface area contributed by atoms with E-state index in [1.54, 1.807) is 35.3 Å². The molecule has 0 unspecified atom stereocenters. The highest BCUT2D eigenvalue weighted by molar-refractivity contribution is 5.95. The number of nitrogens with zero attached hydrogens (tertiary/aromatic N) is 7. The molecule has 5 aromatic rings. The third-order valence-electron chi connectivity index (χ3n) is 6.59. The van der Waals surface area contributed by atoms with Gasteiger partial charge in [-0.3, -0.25) is 14.5 Å². The molecule has 6 rings (SSSR count). The Morgan fingerprint density at radius 3 is 2.75 bits per heavy atom. The molecule has 0 radical (unpaired) electrons. The predicted octanol–water partition coefficient (Wildman–Crippen LogP) is 4.40. The minimum absolute atomic E-state index is 0.271. The van der Waals surface area contributed by atoms with Crippen molar-refractivity contribution in [3.8, 4) is 22.9 Å². The second-order valence-electron chi connectivity index (χ2n) is 9.25. The van der Waals surface area contributed by atoms with E-state index in [9.17, 15) is 14.4 Å². The number of allylic oxidation sites excluding steroid dienone is 1. The maximum atomic E-state index is 14.0. The summed E-state index contributed by atoms with van der Waals surface area (Å²) < 4.78 is 18.1. The Bertz CT molecular complexity index is 1760. The van der Waals surface area contributed by atoms with E-state index >= 15 is 0 Å². The Labute approximate surface area is 205 Å². The molecular weight excluding hydrogens is 457 g/mol. The first kappa shape index (κ1) is 21.9. The van der Waals surface area contributed by atoms with E-state index in [0.717, 1.165) is 23.7 Å². The smallest absolute Gasteiger partial charge is 0.281 e. The Hall–Kier alpha value is -4.58. The van der Waals surface area contributed by atoms with Crippen LogP contribution in [0.5, 0.6) is 0 Å². The minimum atomic E-state index is -0.703. The first-order valence-electron chi connectivity index (χ1n) is 11.7. The molecule has 1 aromatic carbocycles. The van der Waals surface area contributed by atoms with Gasteiger partial charge in [-0.1, -0.05) is 12.6 Å². The summed E-state index contributed by atoms with van der Waals surface area (Å²) in [5.41, 5.74) is 4.18. The number of fused-ring (bicyclic) bond motifs is 2. The highest BCUT2D eigenvalue weighted by Gasteiger charge is 2.27. The molecular formula is C27H22FN7O. The van der Waals surface area contributed by atoms with E-state index in [1.807, 2.05) is 29.9 Å². The van der Waals surface area contributed by atoms with Gasteiger partial charge >= 0.3 is 0 Å². The number of pyridine rings is 1. The van der Waals surface area contributed by atoms with Gasteiger partial charge in [-0.2, -0.15) is 20.1 Å². The van der Waals surface area contributed by atoms with Crippen molar-refractivity contribution in [1.29, 1.82) is 5.26 Å². The van der Waals surface area contributed by atoms with Crippen LogP contribution in [0, 0.1) is 17.2 Å². The van der Waals surface area contributed by atoms with Crippen LogP contribution < -0.4 is 5.56 Å². The standard InChI is InChI=1S/C27H22FN7O/c1-16(10-28)22-7-5-18(12-30-22)24-26-25(20(11-29)15-34(26)13-17-3-4-17)32-35(27(24)36)21-6-8-23-19(9-21)14-33(2)31-23/h5-9,12,14-15,17H,1,3-4,10,13H2,2H3. The quantitative estimate of drug-likeness (QED) is 0.360. The summed E-state index contributed by atoms with van der Waals surface area (Å²) in [6.45, 7) is 3.71. The van der Waals surface area contributed by atoms with Gasteiger partial charge in [0.1, 0.15) is 18.3 Å². The molecule has 9 heteroatoms. The average Bonchev–Trinajstić information content (AvgIpc) is 3.53. The van der Waals surface area contributed by atoms with Crippen LogP contribution in [-0.2, 0) is 13.6 Å². The molecule has 0 atom stereocenters. The second kappa shape index (κ2) is 8.27. The van der Waals surface area contributed by atoms with Crippen LogP contribution in [0.25, 0.3) is 44.3 Å². The van der Waals surface area contributed by atoms with Crippen molar-refractivity contribution in [1.82, 2.24) is 29.1 Å². The summed E-state index contributed by atoms with van der Waals surface area (Å²) in [4.78, 5) is 18.4. The molecule has 1 aliphatic rings. The minimum Gasteiger partial charge on any atom is -0.344 e. The predicted molar refractivity (Wildman–Crippen MR) is 135 cm³/mol. The highest BCUT2D eigenvalue weighted by atomic mass is 19.1. The third kappa shape index (κ3) is 3.58. The van der Waals surface area contributed by atoms with Gasteiger partial charge < -0.3 is 4.57 Å². The fourth-order valence-electron chi connectivity index (χ4n) is 4.59. The van der Waals surface area contributed by atoms with Crippen LogP contribution in [0.4, 0.5) is 4.39 Å². The zero-order valence-electron chi connectivity index (χ0n) is 19.6. The van der Waals surface area contributed by atoms with Crippen molar-refractivity contribution in [3.05, 3.63) is 77.1 Å². The molecule has 0 aliphatic heterocycles. The van der Waals surface area contributed by atoms with Gasteiger partial charge in [0, 0.05) is 48.7 Å². The average molecular weight is 480 g/mol. The lowest BCUT2D eigenvalue weighted by molar-refractivity contribution is 0.571. The molecule has 0 spiro atoms. The second-order valence-corrected chi connectivity index (χ2v) is 9.25. The third-order valence-corrected chi connectivity index (χ3v) is 6.59. The topological polar surface area (TPSA) is 94.3 Å². The van der Waals surface area contributed by atoms with Crippen LogP contribution in [0.1, 0.15) is 24.1 Å². The van der Waals surface area contributed by atoms with E-state index in [1.165, 1.54) is 4.68 Å². The van der Waals surface area contributed by atoms with Crippen LogP contribution >= 0.6 is 0 Å². The van der Waals surface area contributed by atoms with Crippen molar-refractivity contribution in [2.75, 3.05) is 6.67 Å². The van der Waals surface area contributed by atoms with Crippen LogP contribution in [0.2, 0.25) is 0 Å². The van der Waals surface area contributed by atoms with E-state index in [4.69, 9.17) is 0 Å². The molecule has 0 amide bonds. The fourth-order valence-corrected chi connectivity index (χ4v) is 4.59. The lowest BCUT2D eigenvalue weighted by atomic mass is 10.1. The van der Waals surface area contributed by atoms with Crippen molar-refractivity contribution >= 4 is 27.5 Å². The summed E-state index contributed by atoms with van der Waals surface area (Å²) in [5.74, 6) is 0.517. The van der Waals surface area contributed by atoms with Gasteiger partial charge in [0.05, 0.1) is 33.5 Å². The maximum Gasteiger partial charge on any atom is 0.281 e. The highest BCUT2D eigenvalue weighted by Crippen LogP contribution is 2.35. The van der Waals surface area contributed by atoms with Crippen LogP contribution in [0.3, 0.4) is 0 Å². The molecule has 1 aliphatic carbocycles. The van der Waals surface area contributed by atoms with E-state index in [2.05, 4.69) is 27.8 Å². The molecule has 0 bridgehead atoms. The Morgan fingerprint density at radius 1 is 1.22 bits per heavy atom. The van der Waals surface area contributed by atoms with Gasteiger partial charge in [-0.25, -0.2) is 4.39 Å². The molecule has 4 aromatic heterocycles. The van der Waals surface area contributed by atoms with Gasteiger partial charge in [-0.15, -0.1) is 0 Å². The molecule has 178 valence electrons. The summed E-state index contributed by atoms with van der Waals surface area (Å²) in [6.07, 6.45) is 7.45. The molecule has 8 nitrogen and oxygen atoms in total. The van der Waals surface area contributed by atoms with Crippen LogP contribution in [-0.4, -0.2) is 35.8 Å². The lowest BCUT2D eigenvalue weighted by Gasteiger charge is -2.13. The van der Waals surface area contributed by atoms with E-state index < -0.39 is 6.67 Å². The number of aryl methyl sites for hydroxylation is 1. The number of hydrogen-bond acceptors (Lipinski definition) is 5. The van der Waals surface area contributed by atoms with Gasteiger partial charge in [0.15, 0.2) is 0 Å². The van der Waals surface area contributed by atoms with Crippen molar-refractivity contribution in [2.24, 2.45) is 13.0 Å². The summed E-state index contributed by atoms with van der Waals surface area (Å²) in [7, 11) is 1.84. The SMILES string of the molecule is C=C(CF)c1ccc(-c2c(=O)n(-c3ccc4nn(C)cc4c3)nc3c(C#N)cn(CC4CC4)c23)cn1. The van der Waals surface area contributed by atoms with Crippen molar-refractivity contribution in [3.63, 3.8) is 0 Å². The Balaban J connectivity index is 1.64. The summed E-state index contributed by atoms with van der Waals surface area (Å²) >= 11 is 0. The Kier molecular flexibility index (Phi) is 5.04. The zero-order chi connectivity index (χ0) is 25.0. The lowest BCUT2D eigenvalue weighted by Crippen LogP contribution is -2.24. The number of halogens is 1. The number of hydrogen-bond donors (Lipinski definition) is 0. The maximum absolute atomic E-state index is 14.0. The number of rotatable bonds is 6. The number of alkyl halides is 1. The number of aromatic nitrogens is 6. The first-order valence-corrected chi connectivity index (χ1v) is 11.7. The first-order chi connectivity index (χ1) is 17.5. The number of benzene rings is 1. The molecule has 0 N–H and O–H groups in total. The fraction of sp³-hybridized carbons (Fsp3) is 0.222. The Morgan fingerprint density at radius 2 is 2.06 bits per heavy atom. The summed E-state index contributed by atoms with van der Waals surface area (Å²) in [5, 5.41) is 19.8. The monoisotopic (exact) mass is 479 g/mol. The molecule has 36 heavy (non-hydrogen) atoms. The van der Waals surface area contributed by atoms with Gasteiger partial charge in [0.2, 0.25) is 0 Å². The molecule has 0 saturated heterocycles. The molecule has 1 saturated carbocycles. The van der Waals surface area contributed by atoms with E-state index in [0.29, 0.717) is 51.6 Å². The zero-order valence-corrected chi connectivity index (χ0v) is 19.6. The van der Waals surface area contributed by atoms with Gasteiger partial charge in [0.25, 0.3) is 5.56 Å². The summed E-state index contributed by atoms with van der Waals surface area (Å²) in [6, 6.07) is 11.1. The van der Waals surface area contributed by atoms with Gasteiger partial charge in [-0.05, 0) is 43.0 Å². The number of nitriles is 1. The van der Waals surface area contributed by atoms with Crippen molar-refractivity contribution < 1.29 is 4.39 Å². The van der Waals surface area contributed by atoms with Crippen LogP contribution in [0.15, 0.2) is 60.3 Å². The normalized spacial score (nSPS) is 13.4. The van der Waals surface area contributed by atoms with E-state index in [-0.39, 0.29) is 11.1 Å². The molecule has 4 heterocycles. The van der Waals surface area contributed by atoms with Crippen molar-refractivity contribution in [2.45, 2.75) is 19.4 Å².